The highest BCUT2D eigenvalue weighted by molar-refractivity contribution is 5.92. The zero-order valence-electron chi connectivity index (χ0n) is 16.7. The fourth-order valence-electron chi connectivity index (χ4n) is 4.72. The monoisotopic (exact) mass is 396 g/mol. The Kier molecular flexibility index (Phi) is 5.35. The molecule has 1 aromatic heterocycles. The molecule has 0 aliphatic carbocycles. The van der Waals surface area contributed by atoms with Crippen LogP contribution in [0, 0.1) is 5.92 Å². The number of likely N-dealkylation sites (tertiary alicyclic amines) is 2. The van der Waals surface area contributed by atoms with Crippen LogP contribution in [0.3, 0.4) is 0 Å². The molecule has 3 aliphatic heterocycles. The lowest BCUT2D eigenvalue weighted by atomic mass is 9.82. The Hall–Kier alpha value is -2.22. The number of amides is 1. The summed E-state index contributed by atoms with van der Waals surface area (Å²) in [7, 11) is 0. The zero-order chi connectivity index (χ0) is 19.6. The Morgan fingerprint density at radius 3 is 2.72 bits per heavy atom. The van der Waals surface area contributed by atoms with Crippen molar-refractivity contribution in [1.82, 2.24) is 19.9 Å². The summed E-state index contributed by atoms with van der Waals surface area (Å²) < 4.78 is 10.8. The van der Waals surface area contributed by atoms with Gasteiger partial charge < -0.3 is 14.2 Å². The van der Waals surface area contributed by atoms with E-state index in [1.165, 1.54) is 5.56 Å². The second kappa shape index (κ2) is 8.26. The number of ether oxygens (including phenoxy) is 1. The molecule has 7 heteroatoms. The summed E-state index contributed by atoms with van der Waals surface area (Å²) in [6.45, 7) is 7.62. The van der Waals surface area contributed by atoms with Gasteiger partial charge >= 0.3 is 0 Å². The fourth-order valence-corrected chi connectivity index (χ4v) is 4.72. The first-order chi connectivity index (χ1) is 14.3. The van der Waals surface area contributed by atoms with E-state index in [-0.39, 0.29) is 5.91 Å². The Labute approximate surface area is 171 Å². The maximum Gasteiger partial charge on any atom is 0.276 e. The smallest absolute Gasteiger partial charge is 0.276 e. The molecule has 5 rings (SSSR count). The number of aromatic nitrogens is 1. The van der Waals surface area contributed by atoms with E-state index in [1.54, 1.807) is 0 Å². The number of carbonyl (C=O) groups excluding carboxylic acids is 1. The van der Waals surface area contributed by atoms with Gasteiger partial charge in [-0.3, -0.25) is 14.6 Å². The third-order valence-electron chi connectivity index (χ3n) is 6.44. The number of fused-ring (bicyclic) bond motifs is 1. The van der Waals surface area contributed by atoms with Crippen LogP contribution in [0.15, 0.2) is 40.9 Å². The summed E-state index contributed by atoms with van der Waals surface area (Å²) in [4.78, 5) is 19.7. The van der Waals surface area contributed by atoms with Gasteiger partial charge in [0.2, 0.25) is 0 Å². The second-order valence-corrected chi connectivity index (χ2v) is 8.35. The topological polar surface area (TPSA) is 62.1 Å². The van der Waals surface area contributed by atoms with Gasteiger partial charge in [-0.15, -0.1) is 0 Å². The molecule has 0 saturated carbocycles. The first-order valence-corrected chi connectivity index (χ1v) is 10.6. The van der Waals surface area contributed by atoms with Crippen molar-refractivity contribution in [3.05, 3.63) is 53.4 Å². The van der Waals surface area contributed by atoms with Crippen LogP contribution < -0.4 is 0 Å². The van der Waals surface area contributed by atoms with Crippen LogP contribution >= 0.6 is 0 Å². The molecule has 29 heavy (non-hydrogen) atoms. The predicted octanol–water partition coefficient (Wildman–Crippen LogP) is 1.85. The van der Waals surface area contributed by atoms with Gasteiger partial charge in [-0.05, 0) is 17.9 Å². The van der Waals surface area contributed by atoms with Gasteiger partial charge in [0.05, 0.1) is 19.8 Å². The van der Waals surface area contributed by atoms with E-state index in [4.69, 9.17) is 9.26 Å². The van der Waals surface area contributed by atoms with Gasteiger partial charge in [0, 0.05) is 51.4 Å². The van der Waals surface area contributed by atoms with Gasteiger partial charge in [0.1, 0.15) is 0 Å². The molecule has 0 spiro atoms. The largest absolute Gasteiger partial charge is 0.379 e. The van der Waals surface area contributed by atoms with Crippen molar-refractivity contribution in [2.45, 2.75) is 25.6 Å². The SMILES string of the molecule is O=C(c1cc(CN2CCOCC2)on1)N1CC[C@@H]2CN(Cc3ccccc3)[C@@H]2C1. The quantitative estimate of drug-likeness (QED) is 0.769. The maximum absolute atomic E-state index is 13.0. The number of morpholine rings is 1. The van der Waals surface area contributed by atoms with Gasteiger partial charge in [-0.2, -0.15) is 0 Å². The van der Waals surface area contributed by atoms with E-state index in [1.807, 2.05) is 11.0 Å². The molecule has 3 fully saturated rings. The lowest BCUT2D eigenvalue weighted by Gasteiger charge is -2.53. The minimum absolute atomic E-state index is 0.00742. The normalized spacial score (nSPS) is 25.4. The van der Waals surface area contributed by atoms with Gasteiger partial charge in [0.15, 0.2) is 11.5 Å². The van der Waals surface area contributed by atoms with Crippen LogP contribution in [-0.2, 0) is 17.8 Å². The van der Waals surface area contributed by atoms with Crippen molar-refractivity contribution in [1.29, 1.82) is 0 Å². The molecule has 0 N–H and O–H groups in total. The summed E-state index contributed by atoms with van der Waals surface area (Å²) in [5.74, 6) is 1.45. The molecule has 3 aliphatic rings. The number of piperidine rings is 1. The number of hydrogen-bond donors (Lipinski definition) is 0. The molecular weight excluding hydrogens is 368 g/mol. The summed E-state index contributed by atoms with van der Waals surface area (Å²) in [5, 5.41) is 4.07. The van der Waals surface area contributed by atoms with Crippen LogP contribution in [-0.4, -0.2) is 77.7 Å². The van der Waals surface area contributed by atoms with Crippen molar-refractivity contribution in [3.63, 3.8) is 0 Å². The number of benzene rings is 1. The molecule has 7 nitrogen and oxygen atoms in total. The maximum atomic E-state index is 13.0. The predicted molar refractivity (Wildman–Crippen MR) is 107 cm³/mol. The average Bonchev–Trinajstić information content (AvgIpc) is 3.21. The molecule has 2 atom stereocenters. The Bertz CT molecular complexity index is 834. The summed E-state index contributed by atoms with van der Waals surface area (Å²) in [6, 6.07) is 12.8. The van der Waals surface area contributed by atoms with Crippen LogP contribution in [0.25, 0.3) is 0 Å². The molecular formula is C22H28N4O3. The summed E-state index contributed by atoms with van der Waals surface area (Å²) >= 11 is 0. The zero-order valence-corrected chi connectivity index (χ0v) is 16.7. The highest BCUT2D eigenvalue weighted by Gasteiger charge is 2.43. The average molecular weight is 396 g/mol. The molecule has 4 heterocycles. The van der Waals surface area contributed by atoms with Crippen molar-refractivity contribution < 1.29 is 14.1 Å². The van der Waals surface area contributed by atoms with Crippen molar-refractivity contribution in [2.24, 2.45) is 5.92 Å². The molecule has 154 valence electrons. The van der Waals surface area contributed by atoms with Crippen LogP contribution in [0.5, 0.6) is 0 Å². The first kappa shape index (κ1) is 18.8. The molecule has 0 bridgehead atoms. The van der Waals surface area contributed by atoms with Crippen molar-refractivity contribution >= 4 is 5.91 Å². The number of hydrogen-bond acceptors (Lipinski definition) is 6. The summed E-state index contributed by atoms with van der Waals surface area (Å²) in [5.41, 5.74) is 1.76. The minimum Gasteiger partial charge on any atom is -0.379 e. The molecule has 0 unspecified atom stereocenters. The minimum atomic E-state index is -0.00742. The molecule has 1 aromatic carbocycles. The first-order valence-electron chi connectivity index (χ1n) is 10.6. The Morgan fingerprint density at radius 2 is 1.90 bits per heavy atom. The van der Waals surface area contributed by atoms with E-state index in [9.17, 15) is 4.79 Å². The Morgan fingerprint density at radius 1 is 1.07 bits per heavy atom. The van der Waals surface area contributed by atoms with E-state index in [0.29, 0.717) is 24.2 Å². The molecule has 2 aromatic rings. The molecule has 3 saturated heterocycles. The number of carbonyl (C=O) groups is 1. The number of nitrogens with zero attached hydrogens (tertiary/aromatic N) is 4. The van der Waals surface area contributed by atoms with E-state index in [0.717, 1.165) is 64.7 Å². The molecule has 1 amide bonds. The summed E-state index contributed by atoms with van der Waals surface area (Å²) in [6.07, 6.45) is 1.07. The number of rotatable bonds is 5. The van der Waals surface area contributed by atoms with Gasteiger partial charge in [-0.1, -0.05) is 35.5 Å². The lowest BCUT2D eigenvalue weighted by Crippen LogP contribution is -2.64. The second-order valence-electron chi connectivity index (χ2n) is 8.35. The fraction of sp³-hybridized carbons (Fsp3) is 0.545. The third-order valence-corrected chi connectivity index (χ3v) is 6.44. The van der Waals surface area contributed by atoms with Gasteiger partial charge in [-0.25, -0.2) is 0 Å². The lowest BCUT2D eigenvalue weighted by molar-refractivity contribution is -0.0429. The van der Waals surface area contributed by atoms with E-state index >= 15 is 0 Å². The highest BCUT2D eigenvalue weighted by Crippen LogP contribution is 2.34. The van der Waals surface area contributed by atoms with Crippen LogP contribution in [0.4, 0.5) is 0 Å². The van der Waals surface area contributed by atoms with Crippen molar-refractivity contribution in [2.75, 3.05) is 45.9 Å². The van der Waals surface area contributed by atoms with E-state index < -0.39 is 0 Å². The van der Waals surface area contributed by atoms with Gasteiger partial charge in [0.25, 0.3) is 5.91 Å². The highest BCUT2D eigenvalue weighted by atomic mass is 16.5. The Balaban J connectivity index is 1.18. The third kappa shape index (κ3) is 4.08. The van der Waals surface area contributed by atoms with E-state index in [2.05, 4.69) is 45.3 Å². The van der Waals surface area contributed by atoms with Crippen molar-refractivity contribution in [3.8, 4) is 0 Å². The van der Waals surface area contributed by atoms with Crippen LogP contribution in [0.1, 0.15) is 28.2 Å². The molecule has 0 radical (unpaired) electrons. The standard InChI is InChI=1S/C22H28N4O3/c27-22(20-12-19(29-23-20)15-24-8-10-28-11-9-24)25-7-6-18-14-26(21(18)16-25)13-17-4-2-1-3-5-17/h1-5,12,18,21H,6-11,13-16H2/t18-,21-/m1/s1. The van der Waals surface area contributed by atoms with Crippen LogP contribution in [0.2, 0.25) is 0 Å².